The third-order valence-electron chi connectivity index (χ3n) is 4.89. The van der Waals surface area contributed by atoms with Gasteiger partial charge in [0.15, 0.2) is 0 Å². The lowest BCUT2D eigenvalue weighted by Gasteiger charge is -2.41. The maximum atomic E-state index is 13.0. The van der Waals surface area contributed by atoms with Gasteiger partial charge in [0.25, 0.3) is 0 Å². The van der Waals surface area contributed by atoms with Gasteiger partial charge < -0.3 is 10.6 Å². The molecule has 2 N–H and O–H groups in total. The number of carbonyl (C=O) groups excluding carboxylic acids is 1. The van der Waals surface area contributed by atoms with Crippen molar-refractivity contribution in [2.45, 2.75) is 65.3 Å². The third-order valence-corrected chi connectivity index (χ3v) is 4.89. The molecule has 1 amide bonds. The van der Waals surface area contributed by atoms with Crippen LogP contribution in [0.15, 0.2) is 0 Å². The molecule has 0 bridgehead atoms. The van der Waals surface area contributed by atoms with Gasteiger partial charge in [0.1, 0.15) is 0 Å². The van der Waals surface area contributed by atoms with Crippen LogP contribution in [0.25, 0.3) is 0 Å². The predicted octanol–water partition coefficient (Wildman–Crippen LogP) is 2.79. The SMILES string of the molecule is CC(C)CN(C(=O)C1(CN)CCC(C)CC1)C1CC1. The Kier molecular flexibility index (Phi) is 4.54. The molecule has 0 radical (unpaired) electrons. The highest BCUT2D eigenvalue weighted by molar-refractivity contribution is 5.83. The highest BCUT2D eigenvalue weighted by Gasteiger charge is 2.45. The van der Waals surface area contributed by atoms with Gasteiger partial charge in [-0.25, -0.2) is 0 Å². The second kappa shape index (κ2) is 5.82. The molecule has 3 nitrogen and oxygen atoms in total. The lowest BCUT2D eigenvalue weighted by molar-refractivity contribution is -0.145. The number of hydrogen-bond donors (Lipinski definition) is 1. The maximum Gasteiger partial charge on any atom is 0.230 e. The van der Waals surface area contributed by atoms with E-state index in [9.17, 15) is 4.79 Å². The van der Waals surface area contributed by atoms with Gasteiger partial charge in [-0.3, -0.25) is 4.79 Å². The smallest absolute Gasteiger partial charge is 0.230 e. The summed E-state index contributed by atoms with van der Waals surface area (Å²) in [6, 6.07) is 0.512. The summed E-state index contributed by atoms with van der Waals surface area (Å²) in [5.41, 5.74) is 5.78. The van der Waals surface area contributed by atoms with Crippen LogP contribution in [-0.4, -0.2) is 29.9 Å². The summed E-state index contributed by atoms with van der Waals surface area (Å²) in [6.45, 7) is 8.11. The first-order valence-electron chi connectivity index (χ1n) is 7.99. The van der Waals surface area contributed by atoms with Gasteiger partial charge in [-0.15, -0.1) is 0 Å². The molecule has 110 valence electrons. The standard InChI is InChI=1S/C16H30N2O/c1-12(2)10-18(14-4-5-14)15(19)16(11-17)8-6-13(3)7-9-16/h12-14H,4-11,17H2,1-3H3. The van der Waals surface area contributed by atoms with E-state index in [0.717, 1.165) is 38.1 Å². The van der Waals surface area contributed by atoms with Crippen LogP contribution < -0.4 is 5.73 Å². The van der Waals surface area contributed by atoms with Crippen LogP contribution in [-0.2, 0) is 4.79 Å². The second-order valence-electron chi connectivity index (χ2n) is 7.25. The molecular formula is C16H30N2O. The van der Waals surface area contributed by atoms with Crippen molar-refractivity contribution in [3.63, 3.8) is 0 Å². The van der Waals surface area contributed by atoms with Gasteiger partial charge in [0.2, 0.25) is 5.91 Å². The Morgan fingerprint density at radius 1 is 1.26 bits per heavy atom. The average Bonchev–Trinajstić information content (AvgIpc) is 3.21. The monoisotopic (exact) mass is 266 g/mol. The number of amides is 1. The molecule has 19 heavy (non-hydrogen) atoms. The van der Waals surface area contributed by atoms with E-state index >= 15 is 0 Å². The molecule has 0 atom stereocenters. The van der Waals surface area contributed by atoms with Crippen molar-refractivity contribution in [2.24, 2.45) is 23.0 Å². The number of carbonyl (C=O) groups is 1. The van der Waals surface area contributed by atoms with Gasteiger partial charge in [-0.05, 0) is 50.4 Å². The summed E-state index contributed by atoms with van der Waals surface area (Å²) in [5.74, 6) is 1.66. The minimum absolute atomic E-state index is 0.246. The Morgan fingerprint density at radius 3 is 2.26 bits per heavy atom. The van der Waals surface area contributed by atoms with Crippen LogP contribution in [0, 0.1) is 17.3 Å². The van der Waals surface area contributed by atoms with Crippen molar-refractivity contribution in [1.29, 1.82) is 0 Å². The minimum atomic E-state index is -0.246. The Hall–Kier alpha value is -0.570. The van der Waals surface area contributed by atoms with Crippen molar-refractivity contribution < 1.29 is 4.79 Å². The molecule has 0 aliphatic heterocycles. The molecule has 2 aliphatic rings. The van der Waals surface area contributed by atoms with Gasteiger partial charge >= 0.3 is 0 Å². The van der Waals surface area contributed by atoms with E-state index < -0.39 is 0 Å². The first kappa shape index (κ1) is 14.8. The van der Waals surface area contributed by atoms with Crippen molar-refractivity contribution in [2.75, 3.05) is 13.1 Å². The van der Waals surface area contributed by atoms with E-state index in [4.69, 9.17) is 5.73 Å². The fourth-order valence-electron chi connectivity index (χ4n) is 3.30. The predicted molar refractivity (Wildman–Crippen MR) is 78.7 cm³/mol. The molecular weight excluding hydrogens is 236 g/mol. The van der Waals surface area contributed by atoms with E-state index in [2.05, 4.69) is 25.7 Å². The van der Waals surface area contributed by atoms with E-state index in [0.29, 0.717) is 24.4 Å². The molecule has 2 aliphatic carbocycles. The Morgan fingerprint density at radius 2 is 1.84 bits per heavy atom. The average molecular weight is 266 g/mol. The van der Waals surface area contributed by atoms with Crippen molar-refractivity contribution >= 4 is 5.91 Å². The van der Waals surface area contributed by atoms with Crippen LogP contribution >= 0.6 is 0 Å². The molecule has 2 saturated carbocycles. The van der Waals surface area contributed by atoms with Crippen LogP contribution in [0.4, 0.5) is 0 Å². The topological polar surface area (TPSA) is 46.3 Å². The summed E-state index contributed by atoms with van der Waals surface area (Å²) in [6.07, 6.45) is 6.67. The summed E-state index contributed by atoms with van der Waals surface area (Å²) in [7, 11) is 0. The fraction of sp³-hybridized carbons (Fsp3) is 0.938. The maximum absolute atomic E-state index is 13.0. The summed E-state index contributed by atoms with van der Waals surface area (Å²) >= 11 is 0. The largest absolute Gasteiger partial charge is 0.339 e. The third kappa shape index (κ3) is 3.31. The minimum Gasteiger partial charge on any atom is -0.339 e. The number of nitrogens with two attached hydrogens (primary N) is 1. The zero-order chi connectivity index (χ0) is 14.0. The number of hydrogen-bond acceptors (Lipinski definition) is 2. The first-order valence-corrected chi connectivity index (χ1v) is 7.99. The van der Waals surface area contributed by atoms with E-state index in [1.165, 1.54) is 12.8 Å². The van der Waals surface area contributed by atoms with Gasteiger partial charge in [-0.2, -0.15) is 0 Å². The second-order valence-corrected chi connectivity index (χ2v) is 7.25. The van der Waals surface area contributed by atoms with Crippen molar-refractivity contribution in [1.82, 2.24) is 4.90 Å². The quantitative estimate of drug-likeness (QED) is 0.831. The van der Waals surface area contributed by atoms with Crippen LogP contribution in [0.5, 0.6) is 0 Å². The fourth-order valence-corrected chi connectivity index (χ4v) is 3.30. The normalized spacial score (nSPS) is 31.5. The molecule has 0 spiro atoms. The summed E-state index contributed by atoms with van der Waals surface area (Å²) < 4.78 is 0. The van der Waals surface area contributed by atoms with Crippen LogP contribution in [0.2, 0.25) is 0 Å². The zero-order valence-corrected chi connectivity index (χ0v) is 12.8. The van der Waals surface area contributed by atoms with Crippen LogP contribution in [0.3, 0.4) is 0 Å². The molecule has 3 heteroatoms. The zero-order valence-electron chi connectivity index (χ0n) is 12.8. The van der Waals surface area contributed by atoms with Gasteiger partial charge in [0, 0.05) is 19.1 Å². The van der Waals surface area contributed by atoms with Crippen molar-refractivity contribution in [3.05, 3.63) is 0 Å². The molecule has 0 aromatic rings. The Balaban J connectivity index is 2.09. The molecule has 0 aromatic heterocycles. The molecule has 2 rings (SSSR count). The molecule has 0 unspecified atom stereocenters. The number of rotatable bonds is 5. The highest BCUT2D eigenvalue weighted by atomic mass is 16.2. The van der Waals surface area contributed by atoms with Crippen LogP contribution in [0.1, 0.15) is 59.3 Å². The molecule has 0 saturated heterocycles. The van der Waals surface area contributed by atoms with E-state index in [-0.39, 0.29) is 5.41 Å². The van der Waals surface area contributed by atoms with Crippen molar-refractivity contribution in [3.8, 4) is 0 Å². The lowest BCUT2D eigenvalue weighted by Crippen LogP contribution is -2.51. The first-order chi connectivity index (χ1) is 8.98. The lowest BCUT2D eigenvalue weighted by atomic mass is 9.70. The summed E-state index contributed by atoms with van der Waals surface area (Å²) in [4.78, 5) is 15.2. The Labute approximate surface area is 117 Å². The molecule has 0 heterocycles. The van der Waals surface area contributed by atoms with E-state index in [1.54, 1.807) is 0 Å². The summed E-state index contributed by atoms with van der Waals surface area (Å²) in [5, 5.41) is 0. The molecule has 0 aromatic carbocycles. The van der Waals surface area contributed by atoms with Gasteiger partial charge in [0.05, 0.1) is 5.41 Å². The number of nitrogens with zero attached hydrogens (tertiary/aromatic N) is 1. The Bertz CT molecular complexity index is 315. The van der Waals surface area contributed by atoms with E-state index in [1.807, 2.05) is 0 Å². The molecule has 2 fully saturated rings. The highest BCUT2D eigenvalue weighted by Crippen LogP contribution is 2.42. The van der Waals surface area contributed by atoms with Gasteiger partial charge in [-0.1, -0.05) is 20.8 Å².